The third kappa shape index (κ3) is 1.74. The summed E-state index contributed by atoms with van der Waals surface area (Å²) in [7, 11) is 0. The van der Waals surface area contributed by atoms with Crippen molar-refractivity contribution in [2.45, 2.75) is 13.8 Å². The summed E-state index contributed by atoms with van der Waals surface area (Å²) in [6, 6.07) is 7.87. The normalized spacial score (nSPS) is 10.4. The molecule has 0 N–H and O–H groups in total. The molecular weight excluding hydrogens is 144 g/mol. The maximum atomic E-state index is 5.78. The molecule has 1 heteroatoms. The van der Waals surface area contributed by atoms with Gasteiger partial charge in [-0.2, -0.15) is 0 Å². The lowest BCUT2D eigenvalue weighted by atomic mass is 10.0. The summed E-state index contributed by atoms with van der Waals surface area (Å²) in [5.41, 5.74) is 1.22. The van der Waals surface area contributed by atoms with Crippen LogP contribution in [-0.2, 0) is 0 Å². The highest BCUT2D eigenvalue weighted by molar-refractivity contribution is 6.30. The lowest BCUT2D eigenvalue weighted by molar-refractivity contribution is 1.15. The smallest absolute Gasteiger partial charge is 0.0408 e. The predicted molar refractivity (Wildman–Crippen MR) is 45.1 cm³/mol. The Kier molecular flexibility index (Phi) is 2.34. The number of benzene rings is 1. The first-order chi connectivity index (χ1) is 4.70. The number of rotatable bonds is 1. The van der Waals surface area contributed by atoms with Gasteiger partial charge in [-0.25, -0.2) is 0 Å². The quantitative estimate of drug-likeness (QED) is 0.581. The fourth-order valence-electron chi connectivity index (χ4n) is 0.799. The van der Waals surface area contributed by atoms with Crippen LogP contribution in [0, 0.1) is 5.92 Å². The molecule has 0 atom stereocenters. The van der Waals surface area contributed by atoms with Gasteiger partial charge in [-0.3, -0.25) is 0 Å². The van der Waals surface area contributed by atoms with Gasteiger partial charge in [-0.05, 0) is 23.6 Å². The summed E-state index contributed by atoms with van der Waals surface area (Å²) in [6.07, 6.45) is 0. The molecule has 1 radical (unpaired) electrons. The highest BCUT2D eigenvalue weighted by atomic mass is 35.5. The predicted octanol–water partition coefficient (Wildman–Crippen LogP) is 3.30. The van der Waals surface area contributed by atoms with Crippen molar-refractivity contribution in [2.24, 2.45) is 0 Å². The zero-order valence-corrected chi connectivity index (χ0v) is 6.94. The lowest BCUT2D eigenvalue weighted by Gasteiger charge is -2.02. The van der Waals surface area contributed by atoms with E-state index in [4.69, 9.17) is 11.6 Å². The van der Waals surface area contributed by atoms with E-state index in [9.17, 15) is 0 Å². The van der Waals surface area contributed by atoms with Crippen molar-refractivity contribution >= 4 is 11.6 Å². The molecule has 0 aliphatic heterocycles. The molecule has 0 fully saturated rings. The second kappa shape index (κ2) is 3.07. The first-order valence-electron chi connectivity index (χ1n) is 3.26. The van der Waals surface area contributed by atoms with E-state index in [1.54, 1.807) is 0 Å². The first-order valence-corrected chi connectivity index (χ1v) is 3.64. The summed E-state index contributed by atoms with van der Waals surface area (Å²) >= 11 is 5.78. The fourth-order valence-corrected chi connectivity index (χ4v) is 0.990. The molecule has 0 heterocycles. The zero-order valence-electron chi connectivity index (χ0n) is 6.19. The monoisotopic (exact) mass is 153 g/mol. The number of halogens is 1. The Morgan fingerprint density at radius 3 is 2.40 bits per heavy atom. The largest absolute Gasteiger partial charge is 0.0843 e. The maximum absolute atomic E-state index is 5.78. The molecule has 0 aliphatic rings. The molecule has 0 amide bonds. The Balaban J connectivity index is 2.96. The van der Waals surface area contributed by atoms with Crippen LogP contribution in [0.5, 0.6) is 0 Å². The Labute approximate surface area is 66.8 Å². The fraction of sp³-hybridized carbons (Fsp3) is 0.222. The Bertz CT molecular complexity index is 216. The van der Waals surface area contributed by atoms with Gasteiger partial charge in [0.2, 0.25) is 0 Å². The molecule has 10 heavy (non-hydrogen) atoms. The minimum Gasteiger partial charge on any atom is -0.0843 e. The molecular formula is C9H10Cl. The van der Waals surface area contributed by atoms with E-state index in [0.717, 1.165) is 5.02 Å². The van der Waals surface area contributed by atoms with Gasteiger partial charge in [-0.1, -0.05) is 37.6 Å². The van der Waals surface area contributed by atoms with Crippen molar-refractivity contribution in [1.82, 2.24) is 0 Å². The highest BCUT2D eigenvalue weighted by Crippen LogP contribution is 2.17. The van der Waals surface area contributed by atoms with Gasteiger partial charge in [0.25, 0.3) is 0 Å². The average Bonchev–Trinajstić information content (AvgIpc) is 1.88. The minimum absolute atomic E-state index is 0.804. The van der Waals surface area contributed by atoms with E-state index in [-0.39, 0.29) is 0 Å². The molecule has 1 aromatic rings. The molecule has 1 rings (SSSR count). The van der Waals surface area contributed by atoms with E-state index in [2.05, 4.69) is 19.9 Å². The van der Waals surface area contributed by atoms with Crippen molar-refractivity contribution in [3.8, 4) is 0 Å². The molecule has 0 bridgehead atoms. The van der Waals surface area contributed by atoms with Crippen LogP contribution in [-0.4, -0.2) is 0 Å². The Morgan fingerprint density at radius 2 is 2.00 bits per heavy atom. The highest BCUT2D eigenvalue weighted by Gasteiger charge is 1.97. The number of hydrogen-bond acceptors (Lipinski definition) is 0. The molecule has 0 aliphatic carbocycles. The average molecular weight is 154 g/mol. The van der Waals surface area contributed by atoms with E-state index in [1.165, 1.54) is 11.5 Å². The summed E-state index contributed by atoms with van der Waals surface area (Å²) in [4.78, 5) is 0. The lowest BCUT2D eigenvalue weighted by Crippen LogP contribution is -1.85. The van der Waals surface area contributed by atoms with Gasteiger partial charge in [0.1, 0.15) is 0 Å². The second-order valence-corrected chi connectivity index (χ2v) is 2.95. The van der Waals surface area contributed by atoms with Gasteiger partial charge < -0.3 is 0 Å². The van der Waals surface area contributed by atoms with Crippen molar-refractivity contribution < 1.29 is 0 Å². The van der Waals surface area contributed by atoms with E-state index in [1.807, 2.05) is 18.2 Å². The van der Waals surface area contributed by atoms with Crippen LogP contribution >= 0.6 is 11.6 Å². The van der Waals surface area contributed by atoms with Crippen LogP contribution in [0.25, 0.3) is 0 Å². The van der Waals surface area contributed by atoms with E-state index in [0.29, 0.717) is 0 Å². The van der Waals surface area contributed by atoms with Crippen LogP contribution in [0.4, 0.5) is 0 Å². The van der Waals surface area contributed by atoms with Crippen LogP contribution in [0.1, 0.15) is 19.4 Å². The van der Waals surface area contributed by atoms with Gasteiger partial charge >= 0.3 is 0 Å². The van der Waals surface area contributed by atoms with Gasteiger partial charge in [0, 0.05) is 5.02 Å². The third-order valence-corrected chi connectivity index (χ3v) is 1.64. The molecule has 0 nitrogen and oxygen atoms in total. The summed E-state index contributed by atoms with van der Waals surface area (Å²) in [5.74, 6) is 1.29. The minimum atomic E-state index is 0.804. The van der Waals surface area contributed by atoms with Crippen molar-refractivity contribution in [1.29, 1.82) is 0 Å². The molecule has 0 aromatic heterocycles. The maximum Gasteiger partial charge on any atom is 0.0408 e. The first kappa shape index (κ1) is 7.62. The second-order valence-electron chi connectivity index (χ2n) is 2.51. The van der Waals surface area contributed by atoms with Crippen molar-refractivity contribution in [3.63, 3.8) is 0 Å². The molecule has 0 saturated heterocycles. The van der Waals surface area contributed by atoms with E-state index >= 15 is 0 Å². The zero-order chi connectivity index (χ0) is 7.56. The standard InChI is InChI=1S/C9H10Cl/c1-7(2)8-4-3-5-9(10)6-8/h3-6H,1-2H3. The van der Waals surface area contributed by atoms with Crippen LogP contribution in [0.15, 0.2) is 24.3 Å². The summed E-state index contributed by atoms with van der Waals surface area (Å²) < 4.78 is 0. The topological polar surface area (TPSA) is 0 Å². The number of hydrogen-bond donors (Lipinski definition) is 0. The van der Waals surface area contributed by atoms with Crippen LogP contribution in [0.3, 0.4) is 0 Å². The molecule has 1 aromatic carbocycles. The summed E-state index contributed by atoms with van der Waals surface area (Å²) in [6.45, 7) is 4.15. The van der Waals surface area contributed by atoms with Crippen molar-refractivity contribution in [3.05, 3.63) is 40.8 Å². The molecule has 53 valence electrons. The molecule has 0 saturated carbocycles. The van der Waals surface area contributed by atoms with Crippen LogP contribution in [0.2, 0.25) is 5.02 Å². The Morgan fingerprint density at radius 1 is 1.30 bits per heavy atom. The van der Waals surface area contributed by atoms with Gasteiger partial charge in [0.05, 0.1) is 0 Å². The van der Waals surface area contributed by atoms with E-state index < -0.39 is 0 Å². The van der Waals surface area contributed by atoms with Gasteiger partial charge in [0.15, 0.2) is 0 Å². The third-order valence-electron chi connectivity index (χ3n) is 1.40. The van der Waals surface area contributed by atoms with Crippen molar-refractivity contribution in [2.75, 3.05) is 0 Å². The molecule has 0 spiro atoms. The SMILES string of the molecule is C[C](C)c1cccc(Cl)c1. The molecule has 0 unspecified atom stereocenters. The van der Waals surface area contributed by atoms with Gasteiger partial charge in [-0.15, -0.1) is 0 Å². The van der Waals surface area contributed by atoms with Crippen LogP contribution < -0.4 is 0 Å². The summed E-state index contributed by atoms with van der Waals surface area (Å²) in [5, 5.41) is 0.804. The Hall–Kier alpha value is -0.490.